The molecule has 23 aromatic rings. The van der Waals surface area contributed by atoms with Crippen LogP contribution in [-0.2, 0) is 16.2 Å². The molecule has 8 nitrogen and oxygen atoms in total. The lowest BCUT2D eigenvalue weighted by molar-refractivity contribution is 0.660. The average Bonchev–Trinajstić information content (AvgIpc) is 1.54. The van der Waals surface area contributed by atoms with Gasteiger partial charge in [0.1, 0.15) is 0 Å². The molecule has 0 unspecified atom stereocenters. The van der Waals surface area contributed by atoms with E-state index in [1.807, 2.05) is 98.6 Å². The van der Waals surface area contributed by atoms with E-state index in [-0.39, 0.29) is 32.9 Å². The lowest BCUT2D eigenvalue weighted by atomic mass is 9.82. The Balaban J connectivity index is 0.000000108. The molecule has 0 radical (unpaired) electrons. The van der Waals surface area contributed by atoms with E-state index in [1.165, 1.54) is 110 Å². The number of pyridine rings is 3. The minimum atomic E-state index is -0.199. The summed E-state index contributed by atoms with van der Waals surface area (Å²) in [7, 11) is 0. The zero-order chi connectivity index (χ0) is 86.2. The highest BCUT2D eigenvalue weighted by Crippen LogP contribution is 2.54. The molecule has 608 valence electrons. The summed E-state index contributed by atoms with van der Waals surface area (Å²) in [5.74, 6) is 0. The molecule has 5 aromatic heterocycles. The van der Waals surface area contributed by atoms with E-state index in [4.69, 9.17) is 0 Å². The molecular formula is C120H85N5O3. The lowest BCUT2D eigenvalue weighted by Crippen LogP contribution is -2.20. The molecule has 0 bridgehead atoms. The topological polar surface area (TPSA) is 75.9 Å². The van der Waals surface area contributed by atoms with E-state index in [2.05, 4.69) is 372 Å². The van der Waals surface area contributed by atoms with E-state index in [0.717, 1.165) is 116 Å². The minimum Gasteiger partial charge on any atom is -0.309 e. The lowest BCUT2D eigenvalue weighted by Gasteiger charge is -2.23. The van der Waals surface area contributed by atoms with Gasteiger partial charge in [-0.1, -0.05) is 290 Å². The summed E-state index contributed by atoms with van der Waals surface area (Å²) >= 11 is 0. The fourth-order valence-corrected chi connectivity index (χ4v) is 21.8. The second-order valence-corrected chi connectivity index (χ2v) is 36.1. The van der Waals surface area contributed by atoms with Crippen LogP contribution in [0.4, 0.5) is 0 Å². The second-order valence-electron chi connectivity index (χ2n) is 36.1. The standard InChI is InChI=1S/C46H32N2O.C40H28N2O.C34H25NO/c1-46(2)40-19-11-9-17-33(40)36-27-35-38-26-30(22-24-44(38)48(32-15-7-4-8-16-32)45(49)39(35)28-41(36)46)29-21-23-43-37(25-29)34-18-10-12-20-42(34)47(43)31-13-5-3-6-14-31;1-40(2)34-16-8-5-12-28(34)32-23-33-27-11-3-4-15-31(27)39(43)42(38(33)24-35(32)40)26-21-19-25(20-22-26)41-36-17-9-6-13-29(36)30-14-7-10-18-37(30)41;1-34(2)30-16-10-9-15-25(30)27-20-26-28-19-23(22-11-5-3-6-12-22)17-18-32(28)35(24-13-7-4-8-14-24)33(36)29(26)21-31(27)34/h3-28H,1-2H3;3-24H,1-2H3;3-21H,1-2H3. The van der Waals surface area contributed by atoms with Gasteiger partial charge in [0.2, 0.25) is 0 Å². The number of para-hydroxylation sites is 6. The molecule has 0 amide bonds. The molecular weight excluding hydrogens is 1560 g/mol. The molecule has 0 spiro atoms. The Morgan fingerprint density at radius 2 is 0.422 bits per heavy atom. The summed E-state index contributed by atoms with van der Waals surface area (Å²) in [5.41, 5.74) is 31.5. The van der Waals surface area contributed by atoms with Crippen LogP contribution >= 0.6 is 0 Å². The van der Waals surface area contributed by atoms with Gasteiger partial charge in [0.15, 0.2) is 0 Å². The number of benzene rings is 18. The van der Waals surface area contributed by atoms with Crippen molar-refractivity contribution in [1.82, 2.24) is 22.8 Å². The Labute approximate surface area is 739 Å². The molecule has 128 heavy (non-hydrogen) atoms. The van der Waals surface area contributed by atoms with Crippen molar-refractivity contribution in [3.63, 3.8) is 0 Å². The first-order valence-electron chi connectivity index (χ1n) is 44.2. The number of rotatable bonds is 7. The third kappa shape index (κ3) is 11.4. The van der Waals surface area contributed by atoms with Crippen molar-refractivity contribution < 1.29 is 0 Å². The highest BCUT2D eigenvalue weighted by atomic mass is 16.1. The maximum atomic E-state index is 14.5. The Bertz CT molecular complexity index is 8780. The van der Waals surface area contributed by atoms with Crippen LogP contribution in [0.5, 0.6) is 0 Å². The van der Waals surface area contributed by atoms with Gasteiger partial charge in [-0.25, -0.2) is 0 Å². The van der Waals surface area contributed by atoms with Gasteiger partial charge in [-0.2, -0.15) is 0 Å². The first-order valence-corrected chi connectivity index (χ1v) is 44.2. The summed E-state index contributed by atoms with van der Waals surface area (Å²) in [6.45, 7) is 13.6. The van der Waals surface area contributed by atoms with Gasteiger partial charge in [-0.15, -0.1) is 0 Å². The second kappa shape index (κ2) is 28.8. The first-order chi connectivity index (χ1) is 62.5. The Morgan fingerprint density at radius 3 is 0.844 bits per heavy atom. The fourth-order valence-electron chi connectivity index (χ4n) is 21.8. The predicted molar refractivity (Wildman–Crippen MR) is 533 cm³/mol. The highest BCUT2D eigenvalue weighted by molar-refractivity contribution is 6.15. The molecule has 0 fully saturated rings. The minimum absolute atomic E-state index is 0.000908. The van der Waals surface area contributed by atoms with Crippen LogP contribution in [0, 0.1) is 0 Å². The smallest absolute Gasteiger partial charge is 0.263 e. The van der Waals surface area contributed by atoms with E-state index in [0.29, 0.717) is 0 Å². The highest BCUT2D eigenvalue weighted by Gasteiger charge is 2.40. The fraction of sp³-hybridized carbons (Fsp3) is 0.0750. The van der Waals surface area contributed by atoms with Crippen molar-refractivity contribution in [2.75, 3.05) is 0 Å². The third-order valence-electron chi connectivity index (χ3n) is 28.1. The number of hydrogen-bond acceptors (Lipinski definition) is 3. The third-order valence-corrected chi connectivity index (χ3v) is 28.1. The number of aromatic nitrogens is 5. The van der Waals surface area contributed by atoms with Crippen LogP contribution in [0.3, 0.4) is 0 Å². The van der Waals surface area contributed by atoms with Crippen molar-refractivity contribution in [3.8, 4) is 84.1 Å². The van der Waals surface area contributed by atoms with Crippen molar-refractivity contribution in [1.29, 1.82) is 0 Å². The average molecular weight is 1650 g/mol. The van der Waals surface area contributed by atoms with Gasteiger partial charge >= 0.3 is 0 Å². The molecule has 26 rings (SSSR count). The monoisotopic (exact) mass is 1640 g/mol. The molecule has 0 saturated carbocycles. The van der Waals surface area contributed by atoms with E-state index in [9.17, 15) is 14.4 Å². The molecule has 0 atom stereocenters. The number of nitrogens with zero attached hydrogens (tertiary/aromatic N) is 5. The molecule has 8 heteroatoms. The molecule has 5 heterocycles. The van der Waals surface area contributed by atoms with Crippen LogP contribution in [0.25, 0.3) is 193 Å². The molecule has 0 aliphatic heterocycles. The quantitative estimate of drug-likeness (QED) is 0.149. The van der Waals surface area contributed by atoms with E-state index < -0.39 is 0 Å². The van der Waals surface area contributed by atoms with E-state index >= 15 is 0 Å². The molecule has 3 aliphatic rings. The summed E-state index contributed by atoms with van der Waals surface area (Å²) < 4.78 is 10.3. The van der Waals surface area contributed by atoms with Crippen LogP contribution < -0.4 is 16.7 Å². The Morgan fingerprint density at radius 1 is 0.156 bits per heavy atom. The SMILES string of the molecule is CC1(C)c2ccccc2-c2cc3c(cc21)c(=O)n(-c1ccccc1)c1ccc(-c2ccc4c(c2)c2ccccc2n4-c2ccccc2)cc31.CC1(C)c2ccccc2-c2cc3c(cc21)c(=O)n(-c1ccccc1)c1ccc(-c2ccccc2)cc31.CC1(C)c2ccccc2-c2cc3c4ccccc4c(=O)n(-c4ccc(-n5c6ccccc6c6ccccc65)cc4)c3cc21. The Kier molecular flexibility index (Phi) is 17.0. The number of hydrogen-bond donors (Lipinski definition) is 0. The van der Waals surface area contributed by atoms with Crippen LogP contribution in [0.15, 0.2) is 421 Å². The van der Waals surface area contributed by atoms with Gasteiger partial charge in [0.25, 0.3) is 16.7 Å². The maximum Gasteiger partial charge on any atom is 0.263 e. The van der Waals surface area contributed by atoms with E-state index in [1.54, 1.807) is 0 Å². The van der Waals surface area contributed by atoms with Crippen molar-refractivity contribution >= 4 is 109 Å². The van der Waals surface area contributed by atoms with Crippen molar-refractivity contribution in [3.05, 3.63) is 471 Å². The normalized spacial score (nSPS) is 13.5. The summed E-state index contributed by atoms with van der Waals surface area (Å²) in [5, 5.41) is 13.4. The summed E-state index contributed by atoms with van der Waals surface area (Å²) in [6.07, 6.45) is 0. The van der Waals surface area contributed by atoms with Crippen molar-refractivity contribution in [2.45, 2.75) is 57.8 Å². The zero-order valence-corrected chi connectivity index (χ0v) is 71.6. The largest absolute Gasteiger partial charge is 0.309 e. The summed E-state index contributed by atoms with van der Waals surface area (Å²) in [4.78, 5) is 42.9. The van der Waals surface area contributed by atoms with Gasteiger partial charge in [0.05, 0.1) is 38.6 Å². The van der Waals surface area contributed by atoms with Crippen LogP contribution in [-0.4, -0.2) is 22.8 Å². The predicted octanol–water partition coefficient (Wildman–Crippen LogP) is 28.9. The van der Waals surface area contributed by atoms with Gasteiger partial charge < -0.3 is 9.13 Å². The van der Waals surface area contributed by atoms with Crippen LogP contribution in [0.2, 0.25) is 0 Å². The molecule has 3 aliphatic carbocycles. The number of fused-ring (bicyclic) bond motifs is 24. The zero-order valence-electron chi connectivity index (χ0n) is 71.6. The molecule has 18 aromatic carbocycles. The van der Waals surface area contributed by atoms with Gasteiger partial charge in [0, 0.05) is 98.5 Å². The maximum absolute atomic E-state index is 14.5. The summed E-state index contributed by atoms with van der Waals surface area (Å²) in [6, 6.07) is 142. The first kappa shape index (κ1) is 75.7. The van der Waals surface area contributed by atoms with Crippen molar-refractivity contribution in [2.24, 2.45) is 0 Å². The van der Waals surface area contributed by atoms with Gasteiger partial charge in [-0.05, 0) is 263 Å². The molecule has 0 saturated heterocycles. The van der Waals surface area contributed by atoms with Crippen LogP contribution in [0.1, 0.15) is 74.9 Å². The molecule has 0 N–H and O–H groups in total. The van der Waals surface area contributed by atoms with Gasteiger partial charge in [-0.3, -0.25) is 28.1 Å². The Hall–Kier alpha value is -16.0.